The smallest absolute Gasteiger partial charge is 0.311 e. The summed E-state index contributed by atoms with van der Waals surface area (Å²) in [7, 11) is 3.02. The van der Waals surface area contributed by atoms with Crippen molar-refractivity contribution in [2.75, 3.05) is 26.1 Å². The van der Waals surface area contributed by atoms with Crippen LogP contribution in [0, 0.1) is 17.8 Å². The lowest BCUT2D eigenvalue weighted by atomic mass is 9.75. The molecule has 0 aliphatic carbocycles. The number of halogens is 1. The Kier molecular flexibility index (Phi) is 8.60. The minimum Gasteiger partial charge on any atom is -0.493 e. The van der Waals surface area contributed by atoms with Gasteiger partial charge >= 0.3 is 5.97 Å². The van der Waals surface area contributed by atoms with E-state index in [-0.39, 0.29) is 16.8 Å². The van der Waals surface area contributed by atoms with Crippen molar-refractivity contribution in [1.29, 1.82) is 0 Å². The summed E-state index contributed by atoms with van der Waals surface area (Å²) in [5.41, 5.74) is -0.182. The van der Waals surface area contributed by atoms with Crippen molar-refractivity contribution in [3.63, 3.8) is 0 Å². The Morgan fingerprint density at radius 2 is 1.89 bits per heavy atom. The molecule has 0 aliphatic heterocycles. The fraction of sp³-hybridized carbons (Fsp3) is 0.480. The lowest BCUT2D eigenvalue weighted by Crippen LogP contribution is -2.34. The molecular weight excluding hydrogens is 550 g/mol. The third kappa shape index (κ3) is 6.80. The SMILES string of the molecule is COC(=O)C(C)(C)CC(C)(C)COc1cc2nc(C)nc(NC(S)c3cc(Br)cs3)c2cc1OC. The monoisotopic (exact) mass is 581 g/mol. The first-order valence-electron chi connectivity index (χ1n) is 11.1. The molecule has 0 radical (unpaired) electrons. The van der Waals surface area contributed by atoms with Crippen LogP contribution < -0.4 is 14.8 Å². The molecule has 2 heterocycles. The Balaban J connectivity index is 1.87. The van der Waals surface area contributed by atoms with E-state index >= 15 is 0 Å². The van der Waals surface area contributed by atoms with Crippen LogP contribution in [0.25, 0.3) is 10.9 Å². The topological polar surface area (TPSA) is 82.6 Å². The number of nitrogens with zero attached hydrogens (tertiary/aromatic N) is 2. The van der Waals surface area contributed by atoms with E-state index < -0.39 is 5.41 Å². The highest BCUT2D eigenvalue weighted by molar-refractivity contribution is 9.10. The number of esters is 1. The second kappa shape index (κ2) is 10.9. The number of thiophene rings is 1. The van der Waals surface area contributed by atoms with E-state index in [9.17, 15) is 4.79 Å². The van der Waals surface area contributed by atoms with Gasteiger partial charge in [0.25, 0.3) is 0 Å². The molecule has 3 rings (SSSR count). The van der Waals surface area contributed by atoms with Crippen LogP contribution >= 0.6 is 39.9 Å². The molecule has 10 heteroatoms. The molecule has 0 fully saturated rings. The summed E-state index contributed by atoms with van der Waals surface area (Å²) in [6.45, 7) is 10.1. The molecule has 1 atom stereocenters. The number of thiol groups is 1. The van der Waals surface area contributed by atoms with E-state index in [4.69, 9.17) is 26.8 Å². The number of hydrogen-bond donors (Lipinski definition) is 2. The van der Waals surface area contributed by atoms with E-state index in [0.29, 0.717) is 36.2 Å². The van der Waals surface area contributed by atoms with Gasteiger partial charge < -0.3 is 19.5 Å². The van der Waals surface area contributed by atoms with Gasteiger partial charge in [-0.15, -0.1) is 24.0 Å². The number of anilines is 1. The van der Waals surface area contributed by atoms with Crippen molar-refractivity contribution in [1.82, 2.24) is 9.97 Å². The zero-order valence-electron chi connectivity index (χ0n) is 21.1. The molecule has 1 N–H and O–H groups in total. The average Bonchev–Trinajstić information content (AvgIpc) is 3.22. The highest BCUT2D eigenvalue weighted by Crippen LogP contribution is 2.39. The van der Waals surface area contributed by atoms with Gasteiger partial charge in [-0.2, -0.15) is 0 Å². The van der Waals surface area contributed by atoms with Crippen LogP contribution in [0.2, 0.25) is 0 Å². The van der Waals surface area contributed by atoms with E-state index in [1.807, 2.05) is 44.4 Å². The number of methoxy groups -OCH3 is 2. The summed E-state index contributed by atoms with van der Waals surface area (Å²) >= 11 is 9.82. The second-order valence-corrected chi connectivity index (χ2v) is 12.2. The van der Waals surface area contributed by atoms with Gasteiger partial charge in [-0.3, -0.25) is 4.79 Å². The van der Waals surface area contributed by atoms with Gasteiger partial charge in [-0.25, -0.2) is 9.97 Å². The van der Waals surface area contributed by atoms with E-state index in [2.05, 4.69) is 45.1 Å². The van der Waals surface area contributed by atoms with Crippen LogP contribution in [0.3, 0.4) is 0 Å². The molecule has 0 aliphatic rings. The molecule has 0 spiro atoms. The van der Waals surface area contributed by atoms with Gasteiger partial charge in [0.1, 0.15) is 17.0 Å². The van der Waals surface area contributed by atoms with Gasteiger partial charge in [-0.1, -0.05) is 13.8 Å². The van der Waals surface area contributed by atoms with E-state index in [1.165, 1.54) is 7.11 Å². The maximum atomic E-state index is 12.2. The number of carbonyl (C=O) groups is 1. The van der Waals surface area contributed by atoms with Crippen LogP contribution in [0.15, 0.2) is 28.1 Å². The molecule has 35 heavy (non-hydrogen) atoms. The van der Waals surface area contributed by atoms with Crippen LogP contribution in [0.5, 0.6) is 11.5 Å². The predicted octanol–water partition coefficient (Wildman–Crippen LogP) is 6.81. The number of aromatic nitrogens is 2. The number of ether oxygens (including phenoxy) is 3. The van der Waals surface area contributed by atoms with E-state index in [0.717, 1.165) is 20.3 Å². The van der Waals surface area contributed by atoms with Crippen molar-refractivity contribution in [3.8, 4) is 11.5 Å². The standard InChI is InChI=1S/C25H32BrN3O4S2/c1-14-27-17-10-19(33-13-24(2,3)12-25(4,5)23(30)32-7)18(31-6)9-16(17)21(28-14)29-22(34)20-8-15(26)11-35-20/h8-11,22,34H,12-13H2,1-7H3,(H,27,28,29). The first-order chi connectivity index (χ1) is 16.3. The summed E-state index contributed by atoms with van der Waals surface area (Å²) in [6, 6.07) is 5.77. The second-order valence-electron chi connectivity index (χ2n) is 9.86. The van der Waals surface area contributed by atoms with Crippen LogP contribution in [-0.4, -0.2) is 36.8 Å². The molecule has 0 saturated heterocycles. The highest BCUT2D eigenvalue weighted by atomic mass is 79.9. The molecule has 7 nitrogen and oxygen atoms in total. The van der Waals surface area contributed by atoms with Crippen molar-refractivity contribution in [3.05, 3.63) is 38.8 Å². The Morgan fingerprint density at radius 1 is 1.17 bits per heavy atom. The largest absolute Gasteiger partial charge is 0.493 e. The summed E-state index contributed by atoms with van der Waals surface area (Å²) in [5, 5.41) is 5.98. The van der Waals surface area contributed by atoms with Gasteiger partial charge in [0.2, 0.25) is 0 Å². The van der Waals surface area contributed by atoms with E-state index in [1.54, 1.807) is 18.4 Å². The fourth-order valence-electron chi connectivity index (χ4n) is 4.18. The van der Waals surface area contributed by atoms with Gasteiger partial charge in [0.15, 0.2) is 11.5 Å². The van der Waals surface area contributed by atoms with Crippen LogP contribution in [-0.2, 0) is 9.53 Å². The quantitative estimate of drug-likeness (QED) is 0.155. The van der Waals surface area contributed by atoms with Crippen LogP contribution in [0.1, 0.15) is 50.2 Å². The average molecular weight is 583 g/mol. The van der Waals surface area contributed by atoms with Crippen molar-refractivity contribution in [2.45, 2.75) is 46.4 Å². The molecule has 2 aromatic heterocycles. The first kappa shape index (κ1) is 27.5. The van der Waals surface area contributed by atoms with Crippen molar-refractivity contribution >= 4 is 62.6 Å². The molecule has 3 aromatic rings. The number of hydrogen-bond acceptors (Lipinski definition) is 9. The normalized spacial score (nSPS) is 12.9. The number of nitrogens with one attached hydrogen (secondary N) is 1. The van der Waals surface area contributed by atoms with Crippen molar-refractivity contribution in [2.24, 2.45) is 10.8 Å². The Labute approximate surface area is 224 Å². The lowest BCUT2D eigenvalue weighted by Gasteiger charge is -2.33. The molecule has 0 bridgehead atoms. The van der Waals surface area contributed by atoms with Gasteiger partial charge in [0.05, 0.1) is 31.8 Å². The molecule has 190 valence electrons. The highest BCUT2D eigenvalue weighted by Gasteiger charge is 2.36. The maximum Gasteiger partial charge on any atom is 0.311 e. The zero-order chi connectivity index (χ0) is 26.0. The number of aryl methyl sites for hydroxylation is 1. The molecular formula is C25H32BrN3O4S2. The maximum absolute atomic E-state index is 12.2. The summed E-state index contributed by atoms with van der Waals surface area (Å²) < 4.78 is 17.8. The van der Waals surface area contributed by atoms with Crippen LogP contribution in [0.4, 0.5) is 5.82 Å². The molecule has 1 unspecified atom stereocenters. The number of fused-ring (bicyclic) bond motifs is 1. The summed E-state index contributed by atoms with van der Waals surface area (Å²) in [5.74, 6) is 2.22. The minimum absolute atomic E-state index is 0.232. The predicted molar refractivity (Wildman–Crippen MR) is 148 cm³/mol. The Hall–Kier alpha value is -2.04. The molecule has 1 aromatic carbocycles. The Bertz CT molecular complexity index is 1210. The fourth-order valence-corrected chi connectivity index (χ4v) is 5.93. The van der Waals surface area contributed by atoms with Gasteiger partial charge in [-0.05, 0) is 60.7 Å². The Morgan fingerprint density at radius 3 is 2.49 bits per heavy atom. The zero-order valence-corrected chi connectivity index (χ0v) is 24.4. The number of rotatable bonds is 10. The summed E-state index contributed by atoms with van der Waals surface area (Å²) in [4.78, 5) is 22.4. The van der Waals surface area contributed by atoms with Gasteiger partial charge in [0, 0.05) is 26.2 Å². The lowest BCUT2D eigenvalue weighted by molar-refractivity contribution is -0.152. The first-order valence-corrected chi connectivity index (χ1v) is 13.3. The number of carbonyl (C=O) groups excluding carboxylic acids is 1. The third-order valence-corrected chi connectivity index (χ3v) is 7.84. The van der Waals surface area contributed by atoms with Crippen molar-refractivity contribution < 1.29 is 19.0 Å². The minimum atomic E-state index is -0.623. The molecule has 0 saturated carbocycles. The molecule has 0 amide bonds. The number of benzene rings is 1. The summed E-state index contributed by atoms with van der Waals surface area (Å²) in [6.07, 6.45) is 0.597. The third-order valence-electron chi connectivity index (χ3n) is 5.50.